The Morgan fingerprint density at radius 2 is 2.14 bits per heavy atom. The van der Waals surface area contributed by atoms with Crippen molar-refractivity contribution in [2.75, 3.05) is 6.16 Å². The number of hydrogen-bond acceptors (Lipinski definition) is 1. The Kier molecular flexibility index (Phi) is 4.32. The van der Waals surface area contributed by atoms with Gasteiger partial charge in [-0.2, -0.15) is 0 Å². The predicted molar refractivity (Wildman–Crippen MR) is 33.3 cm³/mol. The molecule has 0 rings (SSSR count). The molecule has 7 heavy (non-hydrogen) atoms. The summed E-state index contributed by atoms with van der Waals surface area (Å²) in [5.41, 5.74) is 0. The van der Waals surface area contributed by atoms with E-state index < -0.39 is 0 Å². The molecule has 1 nitrogen and oxygen atoms in total. The largest absolute Gasteiger partial charge is 0.324 e. The summed E-state index contributed by atoms with van der Waals surface area (Å²) in [6, 6.07) is 0. The molecule has 1 atom stereocenters. The van der Waals surface area contributed by atoms with Gasteiger partial charge < -0.3 is 0 Å². The summed E-state index contributed by atoms with van der Waals surface area (Å²) in [7, 11) is -0.0994. The third-order valence-corrected chi connectivity index (χ3v) is 1.32. The molecule has 0 amide bonds. The Balaban J connectivity index is 2.81. The van der Waals surface area contributed by atoms with Crippen LogP contribution in [0.1, 0.15) is 20.3 Å². The quantitative estimate of drug-likeness (QED) is 0.519. The molecule has 0 aliphatic rings. The smallest absolute Gasteiger partial charge is 0.0775 e. The molecule has 0 bridgehead atoms. The van der Waals surface area contributed by atoms with Crippen LogP contribution in [0.15, 0.2) is 0 Å². The van der Waals surface area contributed by atoms with Crippen LogP contribution in [0.4, 0.5) is 0 Å². The molecule has 0 radical (unpaired) electrons. The molecule has 0 fully saturated rings. The molecule has 0 aromatic rings. The molecule has 0 heterocycles. The van der Waals surface area contributed by atoms with Gasteiger partial charge in [-0.3, -0.25) is 0 Å². The van der Waals surface area contributed by atoms with Crippen LogP contribution < -0.4 is 0 Å². The zero-order chi connectivity index (χ0) is 5.70. The first-order valence-electron chi connectivity index (χ1n) is 2.62. The zero-order valence-electron chi connectivity index (χ0n) is 4.90. The third kappa shape index (κ3) is 6.10. The van der Waals surface area contributed by atoms with Crippen LogP contribution in [0.25, 0.3) is 0 Å². The Hall–Kier alpha value is 0.100. The predicted octanol–water partition coefficient (Wildman–Crippen LogP) is 2.06. The molecule has 0 aliphatic heterocycles. The summed E-state index contributed by atoms with van der Waals surface area (Å²) in [6.07, 6.45) is 1.97. The second-order valence-corrected chi connectivity index (χ2v) is 2.87. The molecule has 0 saturated heterocycles. The van der Waals surface area contributed by atoms with E-state index in [0.717, 1.165) is 12.6 Å². The number of hydrogen-bond donors (Lipinski definition) is 0. The molecule has 2 heteroatoms. The first-order chi connectivity index (χ1) is 3.27. The summed E-state index contributed by atoms with van der Waals surface area (Å²) in [5.74, 6) is 0.710. The van der Waals surface area contributed by atoms with E-state index in [1.54, 1.807) is 0 Å². The molecule has 0 N–H and O–H groups in total. The Morgan fingerprint density at radius 3 is 2.29 bits per heavy atom. The second-order valence-electron chi connectivity index (χ2n) is 2.08. The summed E-state index contributed by atoms with van der Waals surface area (Å²) in [6.45, 7) is 4.28. The molecule has 42 valence electrons. The van der Waals surface area contributed by atoms with Gasteiger partial charge in [0.1, 0.15) is 6.16 Å². The molecule has 0 spiro atoms. The van der Waals surface area contributed by atoms with Gasteiger partial charge in [0.2, 0.25) is 0 Å². The molecule has 1 unspecified atom stereocenters. The SMILES string of the molecule is CC(C)CC[PH+]=O. The van der Waals surface area contributed by atoms with Crippen LogP contribution >= 0.6 is 8.46 Å². The van der Waals surface area contributed by atoms with Crippen LogP contribution in [0.2, 0.25) is 0 Å². The van der Waals surface area contributed by atoms with E-state index in [1.807, 2.05) is 0 Å². The van der Waals surface area contributed by atoms with Gasteiger partial charge in [0.05, 0.1) is 0 Å². The van der Waals surface area contributed by atoms with Gasteiger partial charge in [-0.05, 0) is 12.3 Å². The van der Waals surface area contributed by atoms with Gasteiger partial charge in [-0.1, -0.05) is 18.4 Å². The second kappa shape index (κ2) is 4.26. The minimum absolute atomic E-state index is 0.0994. The highest BCUT2D eigenvalue weighted by atomic mass is 31.1. The lowest BCUT2D eigenvalue weighted by atomic mass is 10.2. The maximum Gasteiger partial charge on any atom is 0.324 e. The fraction of sp³-hybridized carbons (Fsp3) is 1.00. The lowest BCUT2D eigenvalue weighted by molar-refractivity contribution is 0.584. The minimum Gasteiger partial charge on any atom is -0.0775 e. The molecule has 0 saturated carbocycles. The molecule has 0 aliphatic carbocycles. The van der Waals surface area contributed by atoms with E-state index in [2.05, 4.69) is 13.8 Å². The molecular weight excluding hydrogens is 107 g/mol. The van der Waals surface area contributed by atoms with E-state index in [-0.39, 0.29) is 8.46 Å². The Morgan fingerprint density at radius 1 is 1.57 bits per heavy atom. The summed E-state index contributed by atoms with van der Waals surface area (Å²) in [4.78, 5) is 0. The Labute approximate surface area is 46.3 Å². The van der Waals surface area contributed by atoms with Crippen LogP contribution in [0.3, 0.4) is 0 Å². The number of rotatable bonds is 3. The first kappa shape index (κ1) is 7.10. The summed E-state index contributed by atoms with van der Waals surface area (Å²) in [5, 5.41) is 0. The monoisotopic (exact) mass is 119 g/mol. The van der Waals surface area contributed by atoms with Crippen molar-refractivity contribution in [3.05, 3.63) is 0 Å². The van der Waals surface area contributed by atoms with Gasteiger partial charge >= 0.3 is 8.46 Å². The maximum absolute atomic E-state index is 9.86. The van der Waals surface area contributed by atoms with Gasteiger partial charge in [0.15, 0.2) is 0 Å². The van der Waals surface area contributed by atoms with Crippen molar-refractivity contribution < 1.29 is 4.57 Å². The van der Waals surface area contributed by atoms with Gasteiger partial charge in [0, 0.05) is 0 Å². The first-order valence-corrected chi connectivity index (χ1v) is 3.74. The molecule has 0 aromatic heterocycles. The highest BCUT2D eigenvalue weighted by molar-refractivity contribution is 7.23. The van der Waals surface area contributed by atoms with Crippen LogP contribution in [-0.2, 0) is 4.57 Å². The van der Waals surface area contributed by atoms with E-state index in [0.29, 0.717) is 5.92 Å². The van der Waals surface area contributed by atoms with Crippen LogP contribution in [0, 0.1) is 5.92 Å². The summed E-state index contributed by atoms with van der Waals surface area (Å²) >= 11 is 0. The van der Waals surface area contributed by atoms with Gasteiger partial charge in [-0.15, -0.1) is 0 Å². The highest BCUT2D eigenvalue weighted by Crippen LogP contribution is 2.03. The van der Waals surface area contributed by atoms with Crippen molar-refractivity contribution in [1.82, 2.24) is 0 Å². The molecular formula is C5H12OP+. The van der Waals surface area contributed by atoms with E-state index in [1.165, 1.54) is 0 Å². The lowest BCUT2D eigenvalue weighted by Crippen LogP contribution is -1.85. The van der Waals surface area contributed by atoms with Gasteiger partial charge in [-0.25, -0.2) is 0 Å². The fourth-order valence-corrected chi connectivity index (χ4v) is 1.04. The topological polar surface area (TPSA) is 17.1 Å². The minimum atomic E-state index is -0.0994. The van der Waals surface area contributed by atoms with Crippen molar-refractivity contribution in [1.29, 1.82) is 0 Å². The van der Waals surface area contributed by atoms with Gasteiger partial charge in [0.25, 0.3) is 0 Å². The van der Waals surface area contributed by atoms with Crippen molar-refractivity contribution in [3.63, 3.8) is 0 Å². The summed E-state index contributed by atoms with van der Waals surface area (Å²) < 4.78 is 9.86. The van der Waals surface area contributed by atoms with Crippen molar-refractivity contribution >= 4 is 8.46 Å². The normalized spacial score (nSPS) is 10.7. The average Bonchev–Trinajstić information content (AvgIpc) is 1.61. The van der Waals surface area contributed by atoms with Crippen molar-refractivity contribution in [2.45, 2.75) is 20.3 Å². The molecule has 0 aromatic carbocycles. The zero-order valence-corrected chi connectivity index (χ0v) is 5.90. The lowest BCUT2D eigenvalue weighted by Gasteiger charge is -1.91. The van der Waals surface area contributed by atoms with E-state index in [4.69, 9.17) is 0 Å². The van der Waals surface area contributed by atoms with E-state index in [9.17, 15) is 4.57 Å². The highest BCUT2D eigenvalue weighted by Gasteiger charge is 1.95. The average molecular weight is 119 g/mol. The fourth-order valence-electron chi connectivity index (χ4n) is 0.348. The van der Waals surface area contributed by atoms with Crippen molar-refractivity contribution in [2.24, 2.45) is 5.92 Å². The van der Waals surface area contributed by atoms with Crippen molar-refractivity contribution in [3.8, 4) is 0 Å². The van der Waals surface area contributed by atoms with Crippen LogP contribution in [-0.4, -0.2) is 6.16 Å². The standard InChI is InChI=1S/C5H11OP/c1-5(2)3-4-7-6/h5H,3-4H2,1-2H3/p+1. The maximum atomic E-state index is 9.86. The van der Waals surface area contributed by atoms with E-state index >= 15 is 0 Å². The van der Waals surface area contributed by atoms with Crippen LogP contribution in [0.5, 0.6) is 0 Å². The third-order valence-electron chi connectivity index (χ3n) is 0.824. The Bertz CT molecular complexity index is 52.0.